The molecular weight excluding hydrogens is 702 g/mol. The number of carbonyl (C=O) groups excluding carboxylic acids is 3. The summed E-state index contributed by atoms with van der Waals surface area (Å²) < 4.78 is 20.8. The molecule has 0 aromatic heterocycles. The zero-order chi connectivity index (χ0) is 35.4. The maximum absolute atomic E-state index is 13.8. The standard InChI is InChI=1S/C35H42Cl4N2O7/c1-7-45-30(42)29-25(23-16-14-22(15-17-23)11-10-18-46-28-13-9-8-12-26(28)36)19-24-20-40(31(43)47-33(2,3)4)21-27(29)41(24)32(44)48-34(5,6)35(37,38)39/h8-9,12-17,24,27H,7,10-11,18-21H2,1-6H3. The molecule has 0 saturated carbocycles. The first-order chi connectivity index (χ1) is 22.4. The van der Waals surface area contributed by atoms with Gasteiger partial charge in [0.05, 0.1) is 35.9 Å². The van der Waals surface area contributed by atoms with Gasteiger partial charge in [-0.15, -0.1) is 0 Å². The lowest BCUT2D eigenvalue weighted by atomic mass is 9.82. The number of hydrogen-bond donors (Lipinski definition) is 0. The third-order valence-electron chi connectivity index (χ3n) is 8.04. The predicted molar refractivity (Wildman–Crippen MR) is 188 cm³/mol. The number of para-hydroxylation sites is 1. The van der Waals surface area contributed by atoms with E-state index in [2.05, 4.69) is 0 Å². The second kappa shape index (κ2) is 15.4. The molecule has 0 N–H and O–H groups in total. The number of halogens is 4. The number of alkyl halides is 3. The van der Waals surface area contributed by atoms with Gasteiger partial charge in [-0.1, -0.05) is 82.8 Å². The Kier molecular flexibility index (Phi) is 12.1. The average molecular weight is 745 g/mol. The molecule has 2 atom stereocenters. The van der Waals surface area contributed by atoms with Crippen molar-refractivity contribution in [1.29, 1.82) is 0 Å². The van der Waals surface area contributed by atoms with Crippen LogP contribution in [0.4, 0.5) is 9.59 Å². The quantitative estimate of drug-likeness (QED) is 0.110. The molecule has 2 aliphatic heterocycles. The van der Waals surface area contributed by atoms with Crippen molar-refractivity contribution in [1.82, 2.24) is 9.80 Å². The van der Waals surface area contributed by atoms with Crippen LogP contribution >= 0.6 is 46.4 Å². The predicted octanol–water partition coefficient (Wildman–Crippen LogP) is 8.65. The minimum atomic E-state index is -1.93. The van der Waals surface area contributed by atoms with Crippen molar-refractivity contribution >= 4 is 70.1 Å². The second-order valence-electron chi connectivity index (χ2n) is 13.2. The van der Waals surface area contributed by atoms with Gasteiger partial charge < -0.3 is 23.8 Å². The summed E-state index contributed by atoms with van der Waals surface area (Å²) in [5, 5.41) is 0.569. The number of benzene rings is 2. The normalized spacial score (nSPS) is 18.4. The van der Waals surface area contributed by atoms with E-state index in [0.29, 0.717) is 17.4 Å². The Labute approximate surface area is 302 Å². The van der Waals surface area contributed by atoms with Crippen molar-refractivity contribution in [3.8, 4) is 5.75 Å². The summed E-state index contributed by atoms with van der Waals surface area (Å²) in [6.07, 6.45) is 0.441. The average Bonchev–Trinajstić information content (AvgIpc) is 2.98. The molecular formula is C35H42Cl4N2O7. The van der Waals surface area contributed by atoms with Gasteiger partial charge in [0.2, 0.25) is 3.79 Å². The molecule has 2 aromatic rings. The SMILES string of the molecule is CCOC(=O)C1=C(c2ccc(CCCOc3ccccc3Cl)cc2)CC2CN(C(=O)OC(C)(C)C)CC1N2C(=O)OC(C)(C)C(Cl)(Cl)Cl. The Morgan fingerprint density at radius 2 is 1.56 bits per heavy atom. The Morgan fingerprint density at radius 1 is 0.896 bits per heavy atom. The molecule has 4 rings (SSSR count). The monoisotopic (exact) mass is 742 g/mol. The zero-order valence-electron chi connectivity index (χ0n) is 28.0. The largest absolute Gasteiger partial charge is 0.492 e. The molecule has 13 heteroatoms. The summed E-state index contributed by atoms with van der Waals surface area (Å²) in [6, 6.07) is 13.8. The van der Waals surface area contributed by atoms with E-state index in [1.54, 1.807) is 33.8 Å². The number of carbonyl (C=O) groups is 3. The lowest BCUT2D eigenvalue weighted by Gasteiger charge is -2.50. The number of aryl methyl sites for hydroxylation is 1. The third kappa shape index (κ3) is 9.23. The minimum absolute atomic E-state index is 0.0319. The van der Waals surface area contributed by atoms with Crippen LogP contribution in [0.5, 0.6) is 5.75 Å². The molecule has 0 aliphatic carbocycles. The summed E-state index contributed by atoms with van der Waals surface area (Å²) >= 11 is 24.6. The summed E-state index contributed by atoms with van der Waals surface area (Å²) in [6.45, 7) is 10.7. The van der Waals surface area contributed by atoms with Crippen LogP contribution in [-0.4, -0.2) is 81.3 Å². The van der Waals surface area contributed by atoms with E-state index in [4.69, 9.17) is 65.4 Å². The number of amides is 2. The number of ether oxygens (including phenoxy) is 4. The van der Waals surface area contributed by atoms with Crippen LogP contribution in [0, 0.1) is 0 Å². The Morgan fingerprint density at radius 3 is 2.17 bits per heavy atom. The first-order valence-corrected chi connectivity index (χ1v) is 17.4. The highest BCUT2D eigenvalue weighted by molar-refractivity contribution is 6.68. The molecule has 2 amide bonds. The smallest absolute Gasteiger partial charge is 0.411 e. The van der Waals surface area contributed by atoms with Crippen molar-refractivity contribution in [2.45, 2.75) is 87.9 Å². The van der Waals surface area contributed by atoms with Crippen LogP contribution in [0.1, 0.15) is 65.5 Å². The maximum atomic E-state index is 13.8. The third-order valence-corrected chi connectivity index (χ3v) is 9.72. The minimum Gasteiger partial charge on any atom is -0.492 e. The molecule has 48 heavy (non-hydrogen) atoms. The van der Waals surface area contributed by atoms with Gasteiger partial charge >= 0.3 is 18.2 Å². The highest BCUT2D eigenvalue weighted by Crippen LogP contribution is 2.43. The van der Waals surface area contributed by atoms with E-state index in [1.807, 2.05) is 42.5 Å². The molecule has 262 valence electrons. The number of fused-ring (bicyclic) bond motifs is 2. The van der Waals surface area contributed by atoms with Crippen molar-refractivity contribution in [3.05, 3.63) is 70.3 Å². The summed E-state index contributed by atoms with van der Waals surface area (Å²) in [7, 11) is 0. The highest BCUT2D eigenvalue weighted by Gasteiger charge is 2.52. The van der Waals surface area contributed by atoms with E-state index in [-0.39, 0.29) is 31.7 Å². The molecule has 1 saturated heterocycles. The van der Waals surface area contributed by atoms with Crippen LogP contribution < -0.4 is 4.74 Å². The van der Waals surface area contributed by atoms with Crippen LogP contribution in [0.15, 0.2) is 54.1 Å². The topological polar surface area (TPSA) is 94.6 Å². The zero-order valence-corrected chi connectivity index (χ0v) is 31.0. The van der Waals surface area contributed by atoms with Gasteiger partial charge in [0.25, 0.3) is 0 Å². The number of rotatable bonds is 9. The van der Waals surface area contributed by atoms with E-state index < -0.39 is 45.2 Å². The molecule has 0 radical (unpaired) electrons. The van der Waals surface area contributed by atoms with Crippen LogP contribution in [0.25, 0.3) is 5.57 Å². The van der Waals surface area contributed by atoms with E-state index in [0.717, 1.165) is 29.5 Å². The fourth-order valence-corrected chi connectivity index (χ4v) is 5.93. The summed E-state index contributed by atoms with van der Waals surface area (Å²) in [5.41, 5.74) is 0.632. The van der Waals surface area contributed by atoms with Crippen molar-refractivity contribution in [2.75, 3.05) is 26.3 Å². The molecule has 1 fully saturated rings. The fraction of sp³-hybridized carbons (Fsp3) is 0.514. The summed E-state index contributed by atoms with van der Waals surface area (Å²) in [5.74, 6) is 0.0519. The number of nitrogens with zero attached hydrogens (tertiary/aromatic N) is 2. The van der Waals surface area contributed by atoms with Crippen LogP contribution in [-0.2, 0) is 25.4 Å². The highest BCUT2D eigenvalue weighted by atomic mass is 35.6. The number of piperazine rings is 1. The molecule has 2 bridgehead atoms. The van der Waals surface area contributed by atoms with Crippen LogP contribution in [0.2, 0.25) is 5.02 Å². The first-order valence-electron chi connectivity index (χ1n) is 15.8. The van der Waals surface area contributed by atoms with Crippen molar-refractivity contribution < 1.29 is 33.3 Å². The maximum Gasteiger partial charge on any atom is 0.411 e. The van der Waals surface area contributed by atoms with Gasteiger partial charge in [-0.2, -0.15) is 0 Å². The fourth-order valence-electron chi connectivity index (χ4n) is 5.62. The molecule has 9 nitrogen and oxygen atoms in total. The molecule has 2 unspecified atom stereocenters. The first kappa shape index (κ1) is 38.0. The Hall–Kier alpha value is -2.85. The van der Waals surface area contributed by atoms with Gasteiger partial charge in [0, 0.05) is 13.1 Å². The van der Waals surface area contributed by atoms with Gasteiger partial charge in [0.1, 0.15) is 11.4 Å². The van der Waals surface area contributed by atoms with E-state index in [1.165, 1.54) is 23.6 Å². The van der Waals surface area contributed by atoms with Gasteiger partial charge in [0.15, 0.2) is 5.60 Å². The molecule has 2 aromatic carbocycles. The summed E-state index contributed by atoms with van der Waals surface area (Å²) in [4.78, 5) is 43.7. The lowest BCUT2D eigenvalue weighted by Crippen LogP contribution is -2.66. The second-order valence-corrected chi connectivity index (χ2v) is 15.9. The lowest BCUT2D eigenvalue weighted by molar-refractivity contribution is -0.140. The Balaban J connectivity index is 1.64. The van der Waals surface area contributed by atoms with Gasteiger partial charge in [-0.05, 0) is 89.6 Å². The van der Waals surface area contributed by atoms with E-state index >= 15 is 0 Å². The number of hydrogen-bond acceptors (Lipinski definition) is 7. The Bertz CT molecular complexity index is 1520. The molecule has 2 aliphatic rings. The van der Waals surface area contributed by atoms with Crippen molar-refractivity contribution in [2.24, 2.45) is 0 Å². The van der Waals surface area contributed by atoms with Crippen LogP contribution in [0.3, 0.4) is 0 Å². The number of esters is 1. The van der Waals surface area contributed by atoms with Gasteiger partial charge in [-0.25, -0.2) is 14.4 Å². The van der Waals surface area contributed by atoms with E-state index in [9.17, 15) is 14.4 Å². The van der Waals surface area contributed by atoms with Gasteiger partial charge in [-0.3, -0.25) is 4.90 Å². The molecule has 0 spiro atoms. The molecule has 2 heterocycles. The van der Waals surface area contributed by atoms with Crippen molar-refractivity contribution in [3.63, 3.8) is 0 Å².